The van der Waals surface area contributed by atoms with Gasteiger partial charge in [0.25, 0.3) is 5.88 Å². The summed E-state index contributed by atoms with van der Waals surface area (Å²) in [7, 11) is 1.43. The van der Waals surface area contributed by atoms with Gasteiger partial charge in [-0.15, -0.1) is 0 Å². The fourth-order valence-corrected chi connectivity index (χ4v) is 1.14. The van der Waals surface area contributed by atoms with E-state index in [0.717, 1.165) is 6.42 Å². The number of nitrogens with zero attached hydrogens (tertiary/aromatic N) is 1. The summed E-state index contributed by atoms with van der Waals surface area (Å²) in [6, 6.07) is 3.25. The maximum Gasteiger partial charge on any atom is 0.414 e. The van der Waals surface area contributed by atoms with Gasteiger partial charge in [0, 0.05) is 6.20 Å². The highest BCUT2D eigenvalue weighted by Crippen LogP contribution is 2.22. The van der Waals surface area contributed by atoms with Crippen LogP contribution in [0.5, 0.6) is 11.6 Å². The van der Waals surface area contributed by atoms with Crippen molar-refractivity contribution in [3.8, 4) is 11.6 Å². The molecule has 0 fully saturated rings. The average molecular weight is 268 g/mol. The number of aromatic nitrogens is 1. The fourth-order valence-electron chi connectivity index (χ4n) is 1.14. The predicted molar refractivity (Wildman–Crippen MR) is 66.1 cm³/mol. The topological polar surface area (TPSA) is 86.8 Å². The lowest BCUT2D eigenvalue weighted by molar-refractivity contribution is -0.142. The fraction of sp³-hybridized carbons (Fsp3) is 0.417. The van der Waals surface area contributed by atoms with Crippen LogP contribution in [0.4, 0.5) is 4.79 Å². The maximum absolute atomic E-state index is 11.4. The van der Waals surface area contributed by atoms with Gasteiger partial charge in [-0.05, 0) is 18.6 Å². The third kappa shape index (κ3) is 5.24. The SMILES string of the molecule is CCCOC(=O)CNC(=O)Oc1ncccc1OC. The molecule has 0 atom stereocenters. The molecule has 0 saturated heterocycles. The molecule has 0 aliphatic heterocycles. The number of pyridine rings is 1. The zero-order valence-electron chi connectivity index (χ0n) is 10.8. The molecule has 1 heterocycles. The molecule has 1 N–H and O–H groups in total. The van der Waals surface area contributed by atoms with Gasteiger partial charge in [0.1, 0.15) is 6.54 Å². The van der Waals surface area contributed by atoms with Crippen LogP contribution in [0.15, 0.2) is 18.3 Å². The number of hydrogen-bond donors (Lipinski definition) is 1. The van der Waals surface area contributed by atoms with Crippen LogP contribution in [-0.2, 0) is 9.53 Å². The van der Waals surface area contributed by atoms with Gasteiger partial charge in [-0.3, -0.25) is 4.79 Å². The van der Waals surface area contributed by atoms with Gasteiger partial charge in [-0.1, -0.05) is 6.92 Å². The first-order valence-electron chi connectivity index (χ1n) is 5.77. The molecular weight excluding hydrogens is 252 g/mol. The Hall–Kier alpha value is -2.31. The molecule has 1 amide bonds. The third-order valence-corrected chi connectivity index (χ3v) is 1.99. The Morgan fingerprint density at radius 3 is 2.89 bits per heavy atom. The lowest BCUT2D eigenvalue weighted by Crippen LogP contribution is -2.33. The largest absolute Gasteiger partial charge is 0.491 e. The van der Waals surface area contributed by atoms with Gasteiger partial charge in [-0.25, -0.2) is 9.78 Å². The molecule has 7 nitrogen and oxygen atoms in total. The van der Waals surface area contributed by atoms with Crippen LogP contribution >= 0.6 is 0 Å². The summed E-state index contributed by atoms with van der Waals surface area (Å²) >= 11 is 0. The van der Waals surface area contributed by atoms with E-state index in [4.69, 9.17) is 14.2 Å². The minimum atomic E-state index is -0.801. The number of esters is 1. The number of rotatable bonds is 6. The van der Waals surface area contributed by atoms with Gasteiger partial charge < -0.3 is 19.5 Å². The molecule has 7 heteroatoms. The maximum atomic E-state index is 11.4. The Bertz CT molecular complexity index is 436. The number of nitrogens with one attached hydrogen (secondary N) is 1. The molecular formula is C12H16N2O5. The van der Waals surface area contributed by atoms with Crippen LogP contribution in [0.2, 0.25) is 0 Å². The average Bonchev–Trinajstić information content (AvgIpc) is 2.43. The summed E-state index contributed by atoms with van der Waals surface area (Å²) in [5.74, 6) is -0.164. The van der Waals surface area contributed by atoms with E-state index in [1.807, 2.05) is 6.92 Å². The molecule has 1 aromatic heterocycles. The third-order valence-electron chi connectivity index (χ3n) is 1.99. The monoisotopic (exact) mass is 268 g/mol. The zero-order chi connectivity index (χ0) is 14.1. The van der Waals surface area contributed by atoms with Crippen molar-refractivity contribution in [1.29, 1.82) is 0 Å². The summed E-state index contributed by atoms with van der Waals surface area (Å²) in [4.78, 5) is 26.4. The Morgan fingerprint density at radius 1 is 1.42 bits per heavy atom. The summed E-state index contributed by atoms with van der Waals surface area (Å²) in [5, 5.41) is 2.26. The number of ether oxygens (including phenoxy) is 3. The van der Waals surface area contributed by atoms with E-state index in [1.165, 1.54) is 13.3 Å². The minimum Gasteiger partial charge on any atom is -0.491 e. The van der Waals surface area contributed by atoms with E-state index in [9.17, 15) is 9.59 Å². The highest BCUT2D eigenvalue weighted by Gasteiger charge is 2.12. The molecule has 0 unspecified atom stereocenters. The number of carbonyl (C=O) groups excluding carboxylic acids is 2. The molecule has 0 aromatic carbocycles. The van der Waals surface area contributed by atoms with E-state index < -0.39 is 12.1 Å². The van der Waals surface area contributed by atoms with E-state index in [0.29, 0.717) is 12.4 Å². The molecule has 0 aliphatic rings. The predicted octanol–water partition coefficient (Wildman–Crippen LogP) is 1.13. The molecule has 1 aromatic rings. The van der Waals surface area contributed by atoms with E-state index in [2.05, 4.69) is 10.3 Å². The van der Waals surface area contributed by atoms with Crippen molar-refractivity contribution in [1.82, 2.24) is 10.3 Å². The second-order valence-electron chi connectivity index (χ2n) is 3.47. The normalized spacial score (nSPS) is 9.58. The molecule has 104 valence electrons. The summed E-state index contributed by atoms with van der Waals surface area (Å²) in [6.45, 7) is 1.94. The van der Waals surface area contributed by atoms with Crippen molar-refractivity contribution in [2.45, 2.75) is 13.3 Å². The lowest BCUT2D eigenvalue weighted by atomic mass is 10.4. The summed E-state index contributed by atoms with van der Waals surface area (Å²) in [5.41, 5.74) is 0. The Morgan fingerprint density at radius 2 is 2.21 bits per heavy atom. The van der Waals surface area contributed by atoms with Gasteiger partial charge in [-0.2, -0.15) is 0 Å². The standard InChI is InChI=1S/C12H16N2O5/c1-3-7-18-10(15)8-14-12(16)19-11-9(17-2)5-4-6-13-11/h4-6H,3,7-8H2,1-2H3,(H,14,16). The Labute approximate surface area is 110 Å². The smallest absolute Gasteiger partial charge is 0.414 e. The molecule has 19 heavy (non-hydrogen) atoms. The van der Waals surface area contributed by atoms with E-state index in [1.54, 1.807) is 12.1 Å². The first-order valence-corrected chi connectivity index (χ1v) is 5.77. The summed E-state index contributed by atoms with van der Waals surface area (Å²) < 4.78 is 14.7. The van der Waals surface area contributed by atoms with Crippen LogP contribution in [0.1, 0.15) is 13.3 Å². The Balaban J connectivity index is 2.41. The van der Waals surface area contributed by atoms with Crippen molar-refractivity contribution >= 4 is 12.1 Å². The van der Waals surface area contributed by atoms with Gasteiger partial charge in [0.15, 0.2) is 5.75 Å². The van der Waals surface area contributed by atoms with Gasteiger partial charge in [0.05, 0.1) is 13.7 Å². The van der Waals surface area contributed by atoms with E-state index >= 15 is 0 Å². The van der Waals surface area contributed by atoms with Crippen LogP contribution in [0, 0.1) is 0 Å². The first kappa shape index (κ1) is 14.7. The van der Waals surface area contributed by atoms with Crippen LogP contribution in [0.25, 0.3) is 0 Å². The van der Waals surface area contributed by atoms with Crippen LogP contribution < -0.4 is 14.8 Å². The number of carbonyl (C=O) groups is 2. The molecule has 0 saturated carbocycles. The lowest BCUT2D eigenvalue weighted by Gasteiger charge is -2.08. The number of methoxy groups -OCH3 is 1. The molecule has 0 bridgehead atoms. The summed E-state index contributed by atoms with van der Waals surface area (Å²) in [6.07, 6.45) is 1.38. The molecule has 1 rings (SSSR count). The van der Waals surface area contributed by atoms with E-state index in [-0.39, 0.29) is 12.4 Å². The van der Waals surface area contributed by atoms with Crippen molar-refractivity contribution in [2.24, 2.45) is 0 Å². The second-order valence-corrected chi connectivity index (χ2v) is 3.47. The molecule has 0 spiro atoms. The van der Waals surface area contributed by atoms with Crippen molar-refractivity contribution in [3.63, 3.8) is 0 Å². The van der Waals surface area contributed by atoms with Crippen molar-refractivity contribution in [3.05, 3.63) is 18.3 Å². The zero-order valence-corrected chi connectivity index (χ0v) is 10.8. The highest BCUT2D eigenvalue weighted by molar-refractivity contribution is 5.78. The number of hydrogen-bond acceptors (Lipinski definition) is 6. The molecule has 0 aliphatic carbocycles. The first-order chi connectivity index (χ1) is 9.17. The second kappa shape index (κ2) is 7.91. The molecule has 0 radical (unpaired) electrons. The van der Waals surface area contributed by atoms with Crippen LogP contribution in [0.3, 0.4) is 0 Å². The number of amides is 1. The highest BCUT2D eigenvalue weighted by atomic mass is 16.6. The van der Waals surface area contributed by atoms with Crippen molar-refractivity contribution < 1.29 is 23.8 Å². The van der Waals surface area contributed by atoms with Crippen LogP contribution in [-0.4, -0.2) is 37.3 Å². The van der Waals surface area contributed by atoms with Crippen molar-refractivity contribution in [2.75, 3.05) is 20.3 Å². The minimum absolute atomic E-state index is 0.0319. The Kier molecular flexibility index (Phi) is 6.14. The van der Waals surface area contributed by atoms with Gasteiger partial charge in [0.2, 0.25) is 0 Å². The quantitative estimate of drug-likeness (QED) is 0.778. The van der Waals surface area contributed by atoms with Gasteiger partial charge >= 0.3 is 12.1 Å².